The number of hydrogen-bond acceptors (Lipinski definition) is 3. The molecule has 3 aromatic rings. The van der Waals surface area contributed by atoms with Crippen LogP contribution in [0.15, 0.2) is 36.5 Å². The highest BCUT2D eigenvalue weighted by atomic mass is 16.5. The maximum absolute atomic E-state index is 12.2. The summed E-state index contributed by atoms with van der Waals surface area (Å²) in [5.74, 6) is 0.257. The standard InChI is InChI=1S/C20H20N2O2/c1-12-7-15-8-13(3-6-18(15)22-12)9-19-17(20(23)24-2)10-16(11-21-19)14-4-5-14/h3,6-8,10-11,14,22H,4-5,9H2,1-2H3. The second-order valence-electron chi connectivity index (χ2n) is 6.58. The highest BCUT2D eigenvalue weighted by Crippen LogP contribution is 2.40. The maximum Gasteiger partial charge on any atom is 0.339 e. The lowest BCUT2D eigenvalue weighted by Gasteiger charge is -2.09. The predicted molar refractivity (Wildman–Crippen MR) is 93.4 cm³/mol. The van der Waals surface area contributed by atoms with E-state index < -0.39 is 0 Å². The summed E-state index contributed by atoms with van der Waals surface area (Å²) in [7, 11) is 1.42. The molecule has 1 fully saturated rings. The minimum Gasteiger partial charge on any atom is -0.465 e. The topological polar surface area (TPSA) is 55.0 Å². The van der Waals surface area contributed by atoms with Crippen LogP contribution in [-0.4, -0.2) is 23.0 Å². The molecule has 1 N–H and O–H groups in total. The van der Waals surface area contributed by atoms with Gasteiger partial charge in [-0.15, -0.1) is 0 Å². The molecule has 0 aliphatic heterocycles. The Kier molecular flexibility index (Phi) is 3.60. The molecule has 4 nitrogen and oxygen atoms in total. The van der Waals surface area contributed by atoms with E-state index in [1.165, 1.54) is 25.3 Å². The highest BCUT2D eigenvalue weighted by molar-refractivity contribution is 5.91. The van der Waals surface area contributed by atoms with Gasteiger partial charge in [-0.05, 0) is 66.5 Å². The number of nitrogens with zero attached hydrogens (tertiary/aromatic N) is 1. The Morgan fingerprint density at radius 1 is 1.29 bits per heavy atom. The second-order valence-corrected chi connectivity index (χ2v) is 6.58. The van der Waals surface area contributed by atoms with E-state index in [4.69, 9.17) is 4.74 Å². The van der Waals surface area contributed by atoms with Gasteiger partial charge in [0, 0.05) is 23.8 Å². The normalized spacial score (nSPS) is 14.1. The summed E-state index contributed by atoms with van der Waals surface area (Å²) >= 11 is 0. The fourth-order valence-corrected chi connectivity index (χ4v) is 3.21. The Hall–Kier alpha value is -2.62. The fraction of sp³-hybridized carbons (Fsp3) is 0.300. The summed E-state index contributed by atoms with van der Waals surface area (Å²) in [6.45, 7) is 2.05. The molecule has 4 heteroatoms. The molecule has 0 unspecified atom stereocenters. The van der Waals surface area contributed by atoms with E-state index in [0.29, 0.717) is 17.9 Å². The number of ether oxygens (including phenoxy) is 1. The van der Waals surface area contributed by atoms with Crippen molar-refractivity contribution in [1.82, 2.24) is 9.97 Å². The van der Waals surface area contributed by atoms with Gasteiger partial charge in [0.25, 0.3) is 0 Å². The molecule has 2 aromatic heterocycles. The van der Waals surface area contributed by atoms with Crippen molar-refractivity contribution in [3.05, 3.63) is 64.6 Å². The third kappa shape index (κ3) is 2.80. The third-order valence-corrected chi connectivity index (χ3v) is 4.64. The second kappa shape index (κ2) is 5.78. The summed E-state index contributed by atoms with van der Waals surface area (Å²) < 4.78 is 4.96. The zero-order valence-electron chi connectivity index (χ0n) is 13.9. The molecule has 0 atom stereocenters. The first-order chi connectivity index (χ1) is 11.6. The monoisotopic (exact) mass is 320 g/mol. The van der Waals surface area contributed by atoms with Crippen LogP contribution in [0.3, 0.4) is 0 Å². The van der Waals surface area contributed by atoms with Crippen molar-refractivity contribution in [2.45, 2.75) is 32.1 Å². The van der Waals surface area contributed by atoms with E-state index >= 15 is 0 Å². The van der Waals surface area contributed by atoms with E-state index in [1.54, 1.807) is 0 Å². The number of esters is 1. The van der Waals surface area contributed by atoms with E-state index in [9.17, 15) is 4.79 Å². The quantitative estimate of drug-likeness (QED) is 0.736. The van der Waals surface area contributed by atoms with E-state index in [0.717, 1.165) is 28.0 Å². The summed E-state index contributed by atoms with van der Waals surface area (Å²) in [4.78, 5) is 20.1. The van der Waals surface area contributed by atoms with Gasteiger partial charge in [0.2, 0.25) is 0 Å². The molecule has 122 valence electrons. The average molecular weight is 320 g/mol. The van der Waals surface area contributed by atoms with Gasteiger partial charge in [0.15, 0.2) is 0 Å². The summed E-state index contributed by atoms with van der Waals surface area (Å²) in [6, 6.07) is 10.4. The van der Waals surface area contributed by atoms with Crippen LogP contribution >= 0.6 is 0 Å². The van der Waals surface area contributed by atoms with Crippen LogP contribution in [0.2, 0.25) is 0 Å². The Morgan fingerprint density at radius 3 is 2.88 bits per heavy atom. The zero-order valence-corrected chi connectivity index (χ0v) is 13.9. The molecule has 1 aliphatic rings. The lowest BCUT2D eigenvalue weighted by Crippen LogP contribution is -2.09. The number of fused-ring (bicyclic) bond motifs is 1. The van der Waals surface area contributed by atoms with Gasteiger partial charge in [-0.1, -0.05) is 6.07 Å². The number of aromatic amines is 1. The number of carbonyl (C=O) groups is 1. The number of aryl methyl sites for hydroxylation is 1. The molecule has 4 rings (SSSR count). The van der Waals surface area contributed by atoms with Crippen LogP contribution in [0.25, 0.3) is 10.9 Å². The minimum atomic E-state index is -0.307. The first kappa shape index (κ1) is 14.9. The molecule has 0 bridgehead atoms. The third-order valence-electron chi connectivity index (χ3n) is 4.64. The molecular formula is C20H20N2O2. The molecule has 0 radical (unpaired) electrons. The predicted octanol–water partition coefficient (Wildman–Crippen LogP) is 4.13. The van der Waals surface area contributed by atoms with Crippen LogP contribution < -0.4 is 0 Å². The fourth-order valence-electron chi connectivity index (χ4n) is 3.21. The van der Waals surface area contributed by atoms with Gasteiger partial charge in [-0.2, -0.15) is 0 Å². The van der Waals surface area contributed by atoms with Crippen LogP contribution in [0.1, 0.15) is 51.6 Å². The first-order valence-corrected chi connectivity index (χ1v) is 8.29. The first-order valence-electron chi connectivity index (χ1n) is 8.29. The van der Waals surface area contributed by atoms with Gasteiger partial charge in [0.05, 0.1) is 18.4 Å². The number of carbonyl (C=O) groups excluding carboxylic acids is 1. The van der Waals surface area contributed by atoms with Gasteiger partial charge in [0.1, 0.15) is 0 Å². The molecule has 0 amide bonds. The largest absolute Gasteiger partial charge is 0.465 e. The number of rotatable bonds is 4. The summed E-state index contributed by atoms with van der Waals surface area (Å²) in [5, 5.41) is 1.18. The summed E-state index contributed by atoms with van der Waals surface area (Å²) in [6.07, 6.45) is 4.91. The van der Waals surface area contributed by atoms with Gasteiger partial charge >= 0.3 is 5.97 Å². The molecule has 2 heterocycles. The van der Waals surface area contributed by atoms with Crippen LogP contribution in [-0.2, 0) is 11.2 Å². The number of nitrogens with one attached hydrogen (secondary N) is 1. The minimum absolute atomic E-state index is 0.307. The molecule has 0 saturated heterocycles. The molecule has 1 aromatic carbocycles. The lowest BCUT2D eigenvalue weighted by atomic mass is 10.0. The van der Waals surface area contributed by atoms with Gasteiger partial charge in [-0.25, -0.2) is 4.79 Å². The smallest absolute Gasteiger partial charge is 0.339 e. The van der Waals surface area contributed by atoms with Crippen molar-refractivity contribution in [3.8, 4) is 0 Å². The Balaban J connectivity index is 1.69. The van der Waals surface area contributed by atoms with Gasteiger partial charge in [-0.3, -0.25) is 4.98 Å². The van der Waals surface area contributed by atoms with Crippen molar-refractivity contribution in [1.29, 1.82) is 0 Å². The molecule has 1 aliphatic carbocycles. The van der Waals surface area contributed by atoms with E-state index in [-0.39, 0.29) is 5.97 Å². The van der Waals surface area contributed by atoms with Crippen LogP contribution in [0.5, 0.6) is 0 Å². The Labute approximate surface area is 140 Å². The van der Waals surface area contributed by atoms with Crippen LogP contribution in [0.4, 0.5) is 0 Å². The number of hydrogen-bond donors (Lipinski definition) is 1. The molecule has 24 heavy (non-hydrogen) atoms. The number of H-pyrrole nitrogens is 1. The number of methoxy groups -OCH3 is 1. The van der Waals surface area contributed by atoms with E-state index in [1.807, 2.05) is 19.2 Å². The van der Waals surface area contributed by atoms with Crippen molar-refractivity contribution < 1.29 is 9.53 Å². The van der Waals surface area contributed by atoms with E-state index in [2.05, 4.69) is 34.2 Å². The molecule has 1 saturated carbocycles. The summed E-state index contributed by atoms with van der Waals surface area (Å²) in [5.41, 5.74) is 5.92. The SMILES string of the molecule is COC(=O)c1cc(C2CC2)cnc1Cc1ccc2[nH]c(C)cc2c1. The van der Waals surface area contributed by atoms with Crippen molar-refractivity contribution in [2.24, 2.45) is 0 Å². The van der Waals surface area contributed by atoms with Crippen molar-refractivity contribution in [2.75, 3.05) is 7.11 Å². The van der Waals surface area contributed by atoms with Crippen LogP contribution in [0, 0.1) is 6.92 Å². The van der Waals surface area contributed by atoms with Crippen molar-refractivity contribution >= 4 is 16.9 Å². The molecule has 0 spiro atoms. The maximum atomic E-state index is 12.2. The molecular weight excluding hydrogens is 300 g/mol. The Morgan fingerprint density at radius 2 is 2.12 bits per heavy atom. The lowest BCUT2D eigenvalue weighted by molar-refractivity contribution is 0.0599. The Bertz CT molecular complexity index is 923. The number of benzene rings is 1. The average Bonchev–Trinajstić information content (AvgIpc) is 3.36. The zero-order chi connectivity index (χ0) is 16.7. The number of pyridine rings is 1. The highest BCUT2D eigenvalue weighted by Gasteiger charge is 2.26. The van der Waals surface area contributed by atoms with Gasteiger partial charge < -0.3 is 9.72 Å². The number of aromatic nitrogens is 2. The van der Waals surface area contributed by atoms with Crippen molar-refractivity contribution in [3.63, 3.8) is 0 Å².